The predicted molar refractivity (Wildman–Crippen MR) is 49.2 cm³/mol. The summed E-state index contributed by atoms with van der Waals surface area (Å²) in [5.74, 6) is -0.228. The van der Waals surface area contributed by atoms with Crippen molar-refractivity contribution >= 4 is 11.6 Å². The van der Waals surface area contributed by atoms with E-state index in [2.05, 4.69) is 5.32 Å². The van der Waals surface area contributed by atoms with Crippen molar-refractivity contribution in [2.75, 3.05) is 18.9 Å². The molecule has 0 fully saturated rings. The van der Waals surface area contributed by atoms with Crippen LogP contribution in [0, 0.1) is 0 Å². The van der Waals surface area contributed by atoms with Crippen molar-refractivity contribution in [3.8, 4) is 0 Å². The van der Waals surface area contributed by atoms with Crippen molar-refractivity contribution < 1.29 is 9.90 Å². The molecule has 1 heterocycles. The number of anilines is 1. The molecular weight excluding hydrogens is 170 g/mol. The minimum Gasteiger partial charge on any atom is -0.397 e. The summed E-state index contributed by atoms with van der Waals surface area (Å²) in [4.78, 5) is 11.3. The molecule has 5 heteroatoms. The SMILES string of the molecule is Cn1cc(N)cc1C(=O)NCCO. The van der Waals surface area contributed by atoms with Crippen LogP contribution in [0.1, 0.15) is 10.5 Å². The van der Waals surface area contributed by atoms with Crippen molar-refractivity contribution in [2.45, 2.75) is 0 Å². The molecule has 72 valence electrons. The third kappa shape index (κ3) is 2.22. The van der Waals surface area contributed by atoms with E-state index < -0.39 is 0 Å². The van der Waals surface area contributed by atoms with Gasteiger partial charge in [-0.25, -0.2) is 0 Å². The van der Waals surface area contributed by atoms with Gasteiger partial charge in [-0.15, -0.1) is 0 Å². The van der Waals surface area contributed by atoms with Gasteiger partial charge in [0.05, 0.1) is 12.3 Å². The second-order valence-electron chi connectivity index (χ2n) is 2.75. The highest BCUT2D eigenvalue weighted by Crippen LogP contribution is 2.07. The minimum absolute atomic E-state index is 0.0638. The number of aryl methyl sites for hydroxylation is 1. The first kappa shape index (κ1) is 9.60. The van der Waals surface area contributed by atoms with E-state index in [-0.39, 0.29) is 19.1 Å². The van der Waals surface area contributed by atoms with Crippen LogP contribution in [0.2, 0.25) is 0 Å². The Bertz CT molecular complexity index is 306. The molecule has 0 saturated carbocycles. The first-order valence-corrected chi connectivity index (χ1v) is 3.96. The number of hydrogen-bond donors (Lipinski definition) is 3. The molecule has 0 aliphatic heterocycles. The van der Waals surface area contributed by atoms with Crippen LogP contribution in [0.4, 0.5) is 5.69 Å². The molecular formula is C8H13N3O2. The standard InChI is InChI=1S/C8H13N3O2/c1-11-5-6(9)4-7(11)8(13)10-2-3-12/h4-5,12H,2-3,9H2,1H3,(H,10,13). The number of hydrogen-bond acceptors (Lipinski definition) is 3. The molecule has 0 bridgehead atoms. The maximum atomic E-state index is 11.3. The maximum Gasteiger partial charge on any atom is 0.268 e. The summed E-state index contributed by atoms with van der Waals surface area (Å²) in [5, 5.41) is 11.0. The van der Waals surface area contributed by atoms with Gasteiger partial charge in [-0.2, -0.15) is 0 Å². The van der Waals surface area contributed by atoms with Crippen LogP contribution in [0.15, 0.2) is 12.3 Å². The van der Waals surface area contributed by atoms with Gasteiger partial charge in [0, 0.05) is 19.8 Å². The molecule has 4 N–H and O–H groups in total. The van der Waals surface area contributed by atoms with E-state index >= 15 is 0 Å². The zero-order valence-corrected chi connectivity index (χ0v) is 7.45. The van der Waals surface area contributed by atoms with Crippen LogP contribution in [0.25, 0.3) is 0 Å². The van der Waals surface area contributed by atoms with Gasteiger partial charge in [0.15, 0.2) is 0 Å². The largest absolute Gasteiger partial charge is 0.397 e. The average molecular weight is 183 g/mol. The van der Waals surface area contributed by atoms with Crippen LogP contribution in [-0.2, 0) is 7.05 Å². The van der Waals surface area contributed by atoms with Crippen molar-refractivity contribution in [3.63, 3.8) is 0 Å². The maximum absolute atomic E-state index is 11.3. The van der Waals surface area contributed by atoms with Crippen molar-refractivity contribution in [1.29, 1.82) is 0 Å². The van der Waals surface area contributed by atoms with E-state index in [0.717, 1.165) is 0 Å². The van der Waals surface area contributed by atoms with Gasteiger partial charge < -0.3 is 20.7 Å². The van der Waals surface area contributed by atoms with Gasteiger partial charge in [0.25, 0.3) is 5.91 Å². The zero-order chi connectivity index (χ0) is 9.84. The normalized spacial score (nSPS) is 10.0. The lowest BCUT2D eigenvalue weighted by atomic mass is 10.4. The molecule has 5 nitrogen and oxygen atoms in total. The Kier molecular flexibility index (Phi) is 2.92. The Hall–Kier alpha value is -1.49. The smallest absolute Gasteiger partial charge is 0.268 e. The van der Waals surface area contributed by atoms with Gasteiger partial charge >= 0.3 is 0 Å². The molecule has 0 aliphatic carbocycles. The minimum atomic E-state index is -0.228. The number of nitrogens with one attached hydrogen (secondary N) is 1. The molecule has 0 atom stereocenters. The molecule has 1 amide bonds. The zero-order valence-electron chi connectivity index (χ0n) is 7.45. The van der Waals surface area contributed by atoms with Crippen LogP contribution < -0.4 is 11.1 Å². The number of carbonyl (C=O) groups is 1. The summed E-state index contributed by atoms with van der Waals surface area (Å²) < 4.78 is 1.64. The van der Waals surface area contributed by atoms with Crippen molar-refractivity contribution in [2.24, 2.45) is 7.05 Å². The fourth-order valence-electron chi connectivity index (χ4n) is 1.08. The third-order valence-corrected chi connectivity index (χ3v) is 1.66. The summed E-state index contributed by atoms with van der Waals surface area (Å²) in [5.41, 5.74) is 6.54. The third-order valence-electron chi connectivity index (χ3n) is 1.66. The molecule has 1 aromatic rings. The van der Waals surface area contributed by atoms with Gasteiger partial charge in [-0.3, -0.25) is 4.79 Å². The van der Waals surface area contributed by atoms with E-state index in [4.69, 9.17) is 10.8 Å². The number of aromatic nitrogens is 1. The molecule has 0 radical (unpaired) electrons. The van der Waals surface area contributed by atoms with Gasteiger partial charge in [-0.1, -0.05) is 0 Å². The van der Waals surface area contributed by atoms with Gasteiger partial charge in [-0.05, 0) is 6.07 Å². The fraction of sp³-hybridized carbons (Fsp3) is 0.375. The Morgan fingerprint density at radius 1 is 1.77 bits per heavy atom. The second-order valence-corrected chi connectivity index (χ2v) is 2.75. The molecule has 1 aromatic heterocycles. The Morgan fingerprint density at radius 3 is 2.92 bits per heavy atom. The number of nitrogens with zero attached hydrogens (tertiary/aromatic N) is 1. The predicted octanol–water partition coefficient (Wildman–Crippen LogP) is -0.671. The molecule has 0 aromatic carbocycles. The van der Waals surface area contributed by atoms with E-state index in [1.807, 2.05) is 0 Å². The van der Waals surface area contributed by atoms with E-state index in [1.54, 1.807) is 23.9 Å². The lowest BCUT2D eigenvalue weighted by Crippen LogP contribution is -2.27. The first-order valence-electron chi connectivity index (χ1n) is 3.96. The van der Waals surface area contributed by atoms with Crippen molar-refractivity contribution in [3.05, 3.63) is 18.0 Å². The fourth-order valence-corrected chi connectivity index (χ4v) is 1.08. The number of nitrogen functional groups attached to an aromatic ring is 1. The van der Waals surface area contributed by atoms with Gasteiger partial charge in [0.2, 0.25) is 0 Å². The number of carbonyl (C=O) groups excluding carboxylic acids is 1. The quantitative estimate of drug-likeness (QED) is 0.581. The molecule has 1 rings (SSSR count). The van der Waals surface area contributed by atoms with Gasteiger partial charge in [0.1, 0.15) is 5.69 Å². The van der Waals surface area contributed by atoms with Crippen LogP contribution in [0.5, 0.6) is 0 Å². The monoisotopic (exact) mass is 183 g/mol. The number of nitrogens with two attached hydrogens (primary N) is 1. The van der Waals surface area contributed by atoms with Crippen molar-refractivity contribution in [1.82, 2.24) is 9.88 Å². The Labute approximate surface area is 76.2 Å². The summed E-state index contributed by atoms with van der Waals surface area (Å²) in [6.07, 6.45) is 1.66. The Balaban J connectivity index is 2.70. The van der Waals surface area contributed by atoms with Crippen LogP contribution >= 0.6 is 0 Å². The summed E-state index contributed by atoms with van der Waals surface area (Å²) >= 11 is 0. The number of aliphatic hydroxyl groups excluding tert-OH is 1. The summed E-state index contributed by atoms with van der Waals surface area (Å²) in [6, 6.07) is 1.59. The van der Waals surface area contributed by atoms with Crippen LogP contribution in [0.3, 0.4) is 0 Å². The first-order chi connectivity index (χ1) is 6.15. The lowest BCUT2D eigenvalue weighted by molar-refractivity contribution is 0.0936. The summed E-state index contributed by atoms with van der Waals surface area (Å²) in [7, 11) is 1.74. The second kappa shape index (κ2) is 3.95. The highest BCUT2D eigenvalue weighted by molar-refractivity contribution is 5.93. The van der Waals surface area contributed by atoms with E-state index in [9.17, 15) is 4.79 Å². The molecule has 0 spiro atoms. The average Bonchev–Trinajstić information content (AvgIpc) is 2.41. The lowest BCUT2D eigenvalue weighted by Gasteiger charge is -2.03. The number of aliphatic hydroxyl groups is 1. The number of amides is 1. The van der Waals surface area contributed by atoms with E-state index in [0.29, 0.717) is 11.4 Å². The summed E-state index contributed by atoms with van der Waals surface area (Å²) in [6.45, 7) is 0.190. The molecule has 0 saturated heterocycles. The molecule has 0 unspecified atom stereocenters. The van der Waals surface area contributed by atoms with Crippen LogP contribution in [-0.4, -0.2) is 28.7 Å². The van der Waals surface area contributed by atoms with E-state index in [1.165, 1.54) is 0 Å². The molecule has 0 aliphatic rings. The topological polar surface area (TPSA) is 80.3 Å². The molecule has 13 heavy (non-hydrogen) atoms. The Morgan fingerprint density at radius 2 is 2.46 bits per heavy atom. The highest BCUT2D eigenvalue weighted by atomic mass is 16.3. The number of rotatable bonds is 3. The highest BCUT2D eigenvalue weighted by Gasteiger charge is 2.09.